The predicted octanol–water partition coefficient (Wildman–Crippen LogP) is 3.80. The summed E-state index contributed by atoms with van der Waals surface area (Å²) in [6.07, 6.45) is 3.10. The van der Waals surface area contributed by atoms with Gasteiger partial charge in [-0.05, 0) is 36.0 Å². The molecule has 156 valence electrons. The summed E-state index contributed by atoms with van der Waals surface area (Å²) in [4.78, 5) is 20.1. The maximum atomic E-state index is 13.6. The number of anilines is 1. The van der Waals surface area contributed by atoms with Gasteiger partial charge in [-0.15, -0.1) is 0 Å². The van der Waals surface area contributed by atoms with E-state index in [9.17, 15) is 4.79 Å². The first-order valence-electron chi connectivity index (χ1n) is 10.7. The summed E-state index contributed by atoms with van der Waals surface area (Å²) < 4.78 is 7.52. The largest absolute Gasteiger partial charge is 0.424 e. The van der Waals surface area contributed by atoms with Gasteiger partial charge in [0.05, 0.1) is 6.04 Å². The lowest BCUT2D eigenvalue weighted by atomic mass is 10.1. The average molecular weight is 413 g/mol. The number of carbonyl (C=O) groups is 1. The van der Waals surface area contributed by atoms with Gasteiger partial charge in [0.2, 0.25) is 0 Å². The zero-order valence-electron chi connectivity index (χ0n) is 17.2. The van der Waals surface area contributed by atoms with Crippen LogP contribution in [0.3, 0.4) is 0 Å². The highest BCUT2D eigenvalue weighted by molar-refractivity contribution is 5.99. The molecular formula is C24H23N5O2. The van der Waals surface area contributed by atoms with Crippen LogP contribution < -0.4 is 5.32 Å². The predicted molar refractivity (Wildman–Crippen MR) is 118 cm³/mol. The van der Waals surface area contributed by atoms with Crippen molar-refractivity contribution >= 4 is 23.0 Å². The summed E-state index contributed by atoms with van der Waals surface area (Å²) >= 11 is 0. The number of oxazole rings is 1. The van der Waals surface area contributed by atoms with Crippen molar-refractivity contribution in [2.75, 3.05) is 18.4 Å². The van der Waals surface area contributed by atoms with Crippen molar-refractivity contribution in [1.29, 1.82) is 0 Å². The third-order valence-electron chi connectivity index (χ3n) is 6.44. The third kappa shape index (κ3) is 3.17. The molecule has 3 atom stereocenters. The van der Waals surface area contributed by atoms with Crippen molar-refractivity contribution in [3.63, 3.8) is 0 Å². The van der Waals surface area contributed by atoms with E-state index in [2.05, 4.69) is 15.4 Å². The van der Waals surface area contributed by atoms with E-state index < -0.39 is 0 Å². The fraction of sp³-hybridized carbons (Fsp3) is 0.292. The van der Waals surface area contributed by atoms with E-state index in [0.717, 1.165) is 28.8 Å². The van der Waals surface area contributed by atoms with Crippen LogP contribution in [0.25, 0.3) is 22.2 Å². The Bertz CT molecular complexity index is 1230. The lowest BCUT2D eigenvalue weighted by Gasteiger charge is -2.27. The van der Waals surface area contributed by atoms with Gasteiger partial charge in [0.1, 0.15) is 5.52 Å². The van der Waals surface area contributed by atoms with Crippen molar-refractivity contribution < 1.29 is 9.21 Å². The van der Waals surface area contributed by atoms with Gasteiger partial charge in [0, 0.05) is 31.9 Å². The maximum absolute atomic E-state index is 13.6. The van der Waals surface area contributed by atoms with Gasteiger partial charge in [-0.25, -0.2) is 0 Å². The number of amides is 1. The normalized spacial score (nSPS) is 22.0. The number of para-hydroxylation sites is 2. The van der Waals surface area contributed by atoms with E-state index in [1.807, 2.05) is 72.7 Å². The number of nitrogens with zero attached hydrogens (tertiary/aromatic N) is 4. The third-order valence-corrected chi connectivity index (χ3v) is 6.44. The molecule has 1 amide bonds. The smallest absolute Gasteiger partial charge is 0.295 e. The number of benzene rings is 2. The summed E-state index contributed by atoms with van der Waals surface area (Å²) in [7, 11) is 1.86. The van der Waals surface area contributed by atoms with Crippen LogP contribution in [-0.2, 0) is 7.05 Å². The molecule has 6 rings (SSSR count). The van der Waals surface area contributed by atoms with Crippen LogP contribution in [0.2, 0.25) is 0 Å². The number of fused-ring (bicyclic) bond motifs is 2. The molecule has 0 spiro atoms. The molecule has 1 N–H and O–H groups in total. The molecule has 3 heterocycles. The number of hydrogen-bond acceptors (Lipinski definition) is 5. The molecule has 7 heteroatoms. The van der Waals surface area contributed by atoms with E-state index >= 15 is 0 Å². The number of hydrogen-bond donors (Lipinski definition) is 1. The number of likely N-dealkylation sites (tertiary alicyclic amines) is 1. The summed E-state index contributed by atoms with van der Waals surface area (Å²) in [6.45, 7) is 1.40. The Morgan fingerprint density at radius 2 is 1.97 bits per heavy atom. The molecule has 1 aliphatic carbocycles. The minimum atomic E-state index is -0.00369. The number of carbonyl (C=O) groups excluding carboxylic acids is 1. The van der Waals surface area contributed by atoms with Crippen LogP contribution in [0.1, 0.15) is 16.9 Å². The molecule has 2 aliphatic rings. The van der Waals surface area contributed by atoms with Crippen LogP contribution in [0.5, 0.6) is 0 Å². The first-order chi connectivity index (χ1) is 15.2. The molecule has 0 radical (unpaired) electrons. The second-order valence-corrected chi connectivity index (χ2v) is 8.48. The highest BCUT2D eigenvalue weighted by atomic mass is 16.4. The van der Waals surface area contributed by atoms with Crippen LogP contribution in [0.15, 0.2) is 65.2 Å². The molecule has 1 saturated carbocycles. The van der Waals surface area contributed by atoms with Gasteiger partial charge >= 0.3 is 0 Å². The van der Waals surface area contributed by atoms with E-state index in [4.69, 9.17) is 4.42 Å². The topological polar surface area (TPSA) is 76.2 Å². The number of aromatic nitrogens is 3. The Morgan fingerprint density at radius 3 is 2.81 bits per heavy atom. The molecule has 0 unspecified atom stereocenters. The van der Waals surface area contributed by atoms with Gasteiger partial charge in [0.15, 0.2) is 11.3 Å². The number of aryl methyl sites for hydroxylation is 1. The first-order valence-corrected chi connectivity index (χ1v) is 10.7. The molecule has 0 bridgehead atoms. The molecule has 1 saturated heterocycles. The fourth-order valence-corrected chi connectivity index (χ4v) is 4.82. The van der Waals surface area contributed by atoms with E-state index in [0.29, 0.717) is 30.1 Å². The second kappa shape index (κ2) is 6.97. The molecular weight excluding hydrogens is 390 g/mol. The average Bonchev–Trinajstić information content (AvgIpc) is 3.12. The van der Waals surface area contributed by atoms with Crippen molar-refractivity contribution in [2.45, 2.75) is 12.5 Å². The fourth-order valence-electron chi connectivity index (χ4n) is 4.82. The van der Waals surface area contributed by atoms with E-state index in [1.54, 1.807) is 4.68 Å². The summed E-state index contributed by atoms with van der Waals surface area (Å²) in [5.41, 5.74) is 3.98. The molecule has 7 nitrogen and oxygen atoms in total. The number of piperidine rings is 1. The quantitative estimate of drug-likeness (QED) is 0.539. The van der Waals surface area contributed by atoms with Crippen LogP contribution in [0, 0.1) is 11.8 Å². The Kier molecular flexibility index (Phi) is 4.09. The second-order valence-electron chi connectivity index (χ2n) is 8.48. The highest BCUT2D eigenvalue weighted by Gasteiger charge is 2.54. The summed E-state index contributed by atoms with van der Waals surface area (Å²) in [5.74, 6) is 1.11. The Hall–Kier alpha value is -3.61. The summed E-state index contributed by atoms with van der Waals surface area (Å²) in [5, 5.41) is 7.85. The molecule has 31 heavy (non-hydrogen) atoms. The van der Waals surface area contributed by atoms with Crippen LogP contribution in [-0.4, -0.2) is 44.7 Å². The Labute approximate surface area is 179 Å². The van der Waals surface area contributed by atoms with Crippen molar-refractivity contribution in [2.24, 2.45) is 18.9 Å². The van der Waals surface area contributed by atoms with Gasteiger partial charge in [0.25, 0.3) is 11.9 Å². The van der Waals surface area contributed by atoms with Gasteiger partial charge < -0.3 is 14.6 Å². The zero-order chi connectivity index (χ0) is 20.9. The minimum Gasteiger partial charge on any atom is -0.424 e. The molecule has 1 aliphatic heterocycles. The highest BCUT2D eigenvalue weighted by Crippen LogP contribution is 2.50. The number of nitrogens with one attached hydrogen (secondary N) is 1. The maximum Gasteiger partial charge on any atom is 0.295 e. The minimum absolute atomic E-state index is 0.00369. The molecule has 4 aromatic rings. The first kappa shape index (κ1) is 18.2. The summed E-state index contributed by atoms with van der Waals surface area (Å²) in [6, 6.07) is 18.3. The van der Waals surface area contributed by atoms with Crippen molar-refractivity contribution in [1.82, 2.24) is 19.7 Å². The van der Waals surface area contributed by atoms with Gasteiger partial charge in [-0.1, -0.05) is 42.5 Å². The Morgan fingerprint density at radius 1 is 1.16 bits per heavy atom. The monoisotopic (exact) mass is 413 g/mol. The van der Waals surface area contributed by atoms with Gasteiger partial charge in [-0.3, -0.25) is 9.48 Å². The van der Waals surface area contributed by atoms with E-state index in [1.165, 1.54) is 6.42 Å². The molecule has 2 fully saturated rings. The number of rotatable bonds is 5. The lowest BCUT2D eigenvalue weighted by molar-refractivity contribution is 0.0709. The van der Waals surface area contributed by atoms with Crippen LogP contribution >= 0.6 is 0 Å². The molecule has 2 aromatic heterocycles. The van der Waals surface area contributed by atoms with Crippen molar-refractivity contribution in [3.05, 3.63) is 66.5 Å². The van der Waals surface area contributed by atoms with E-state index in [-0.39, 0.29) is 11.9 Å². The SMILES string of the molecule is Cn1cc(-c2ccccc2)c(C(=O)N2C[C@H]3C[C@H]3[C@H]2CNc2nc3ccccc3o2)n1. The van der Waals surface area contributed by atoms with Gasteiger partial charge in [-0.2, -0.15) is 10.1 Å². The van der Waals surface area contributed by atoms with Crippen LogP contribution in [0.4, 0.5) is 6.01 Å². The zero-order valence-corrected chi connectivity index (χ0v) is 17.2. The molecule has 2 aromatic carbocycles. The van der Waals surface area contributed by atoms with Crippen molar-refractivity contribution in [3.8, 4) is 11.1 Å². The standard InChI is InChI=1S/C24H23N5O2/c1-28-14-18(15-7-3-2-4-8-15)22(27-28)23(30)29-13-16-11-17(16)20(29)12-25-24-26-19-9-5-6-10-21(19)31-24/h2-10,14,16-17,20H,11-13H2,1H3,(H,25,26)/t16-,17-,20-/m1/s1. The lowest BCUT2D eigenvalue weighted by Crippen LogP contribution is -2.42. The Balaban J connectivity index is 1.24.